The van der Waals surface area contributed by atoms with Gasteiger partial charge in [0.25, 0.3) is 0 Å². The first kappa shape index (κ1) is 13.2. The molecule has 1 aliphatic carbocycles. The molecule has 0 heterocycles. The summed E-state index contributed by atoms with van der Waals surface area (Å²) in [5.41, 5.74) is 0.476. The smallest absolute Gasteiger partial charge is 0.325 e. The normalized spacial score (nSPS) is 13.6. The standard InChI is InChI=1S/C13H16N2O4/c1-18-9-5-6-10(11(7-9)19-2)14-13(17)15-12(16)8-3-4-8/h5-8H,3-4H2,1-2H3,(H2,14,15,16,17). The van der Waals surface area contributed by atoms with Crippen LogP contribution in [0.25, 0.3) is 0 Å². The molecule has 102 valence electrons. The average molecular weight is 264 g/mol. The van der Waals surface area contributed by atoms with E-state index in [4.69, 9.17) is 9.47 Å². The number of nitrogens with one attached hydrogen (secondary N) is 2. The van der Waals surface area contributed by atoms with Crippen LogP contribution in [0, 0.1) is 5.92 Å². The summed E-state index contributed by atoms with van der Waals surface area (Å²) in [6.07, 6.45) is 1.70. The second kappa shape index (κ2) is 5.60. The van der Waals surface area contributed by atoms with Crippen LogP contribution < -0.4 is 20.1 Å². The van der Waals surface area contributed by atoms with Crippen molar-refractivity contribution in [3.8, 4) is 11.5 Å². The van der Waals surface area contributed by atoms with Gasteiger partial charge < -0.3 is 14.8 Å². The predicted octanol–water partition coefficient (Wildman–Crippen LogP) is 1.76. The van der Waals surface area contributed by atoms with Crippen LogP contribution in [-0.2, 0) is 4.79 Å². The molecule has 6 heteroatoms. The molecule has 0 unspecified atom stereocenters. The highest BCUT2D eigenvalue weighted by Gasteiger charge is 2.30. The predicted molar refractivity (Wildman–Crippen MR) is 69.4 cm³/mol. The van der Waals surface area contributed by atoms with Crippen molar-refractivity contribution < 1.29 is 19.1 Å². The second-order valence-electron chi connectivity index (χ2n) is 4.28. The van der Waals surface area contributed by atoms with E-state index in [0.29, 0.717) is 17.2 Å². The third-order valence-corrected chi connectivity index (χ3v) is 2.84. The van der Waals surface area contributed by atoms with E-state index in [1.54, 1.807) is 25.3 Å². The van der Waals surface area contributed by atoms with Gasteiger partial charge in [-0.05, 0) is 25.0 Å². The van der Waals surface area contributed by atoms with E-state index >= 15 is 0 Å². The Kier molecular flexibility index (Phi) is 3.89. The molecule has 3 amide bonds. The third-order valence-electron chi connectivity index (χ3n) is 2.84. The molecule has 0 atom stereocenters. The highest BCUT2D eigenvalue weighted by Crippen LogP contribution is 2.30. The van der Waals surface area contributed by atoms with Gasteiger partial charge in [-0.2, -0.15) is 0 Å². The van der Waals surface area contributed by atoms with Crippen LogP contribution in [0.5, 0.6) is 11.5 Å². The lowest BCUT2D eigenvalue weighted by Crippen LogP contribution is -2.35. The van der Waals surface area contributed by atoms with Gasteiger partial charge >= 0.3 is 6.03 Å². The second-order valence-corrected chi connectivity index (χ2v) is 4.28. The highest BCUT2D eigenvalue weighted by molar-refractivity contribution is 6.03. The first-order valence-corrected chi connectivity index (χ1v) is 5.98. The van der Waals surface area contributed by atoms with Gasteiger partial charge in [0.05, 0.1) is 19.9 Å². The van der Waals surface area contributed by atoms with Gasteiger partial charge in [-0.25, -0.2) is 4.79 Å². The quantitative estimate of drug-likeness (QED) is 0.868. The third kappa shape index (κ3) is 3.37. The van der Waals surface area contributed by atoms with Crippen LogP contribution >= 0.6 is 0 Å². The summed E-state index contributed by atoms with van der Waals surface area (Å²) in [7, 11) is 3.04. The fraction of sp³-hybridized carbons (Fsp3) is 0.385. The van der Waals surface area contributed by atoms with Gasteiger partial charge in [-0.1, -0.05) is 0 Å². The maximum absolute atomic E-state index is 11.6. The van der Waals surface area contributed by atoms with E-state index < -0.39 is 6.03 Å². The molecule has 1 aromatic carbocycles. The van der Waals surface area contributed by atoms with E-state index in [2.05, 4.69) is 10.6 Å². The van der Waals surface area contributed by atoms with E-state index in [0.717, 1.165) is 12.8 Å². The molecule has 1 aliphatic rings. The Balaban J connectivity index is 2.00. The fourth-order valence-electron chi connectivity index (χ4n) is 1.61. The Hall–Kier alpha value is -2.24. The zero-order chi connectivity index (χ0) is 13.8. The van der Waals surface area contributed by atoms with Crippen LogP contribution in [0.2, 0.25) is 0 Å². The molecule has 2 rings (SSSR count). The summed E-state index contributed by atoms with van der Waals surface area (Å²) in [6.45, 7) is 0. The number of imide groups is 1. The summed E-state index contributed by atoms with van der Waals surface area (Å²) in [6, 6.07) is 4.44. The largest absolute Gasteiger partial charge is 0.497 e. The number of carbonyl (C=O) groups excluding carboxylic acids is 2. The Labute approximate surface area is 111 Å². The van der Waals surface area contributed by atoms with Crippen molar-refractivity contribution in [3.05, 3.63) is 18.2 Å². The highest BCUT2D eigenvalue weighted by atomic mass is 16.5. The van der Waals surface area contributed by atoms with E-state index in [1.807, 2.05) is 0 Å². The Bertz CT molecular complexity index is 497. The number of benzene rings is 1. The number of amides is 3. The van der Waals surface area contributed by atoms with Gasteiger partial charge in [0.15, 0.2) is 0 Å². The molecule has 0 bridgehead atoms. The Morgan fingerprint density at radius 2 is 1.95 bits per heavy atom. The number of carbonyl (C=O) groups is 2. The van der Waals surface area contributed by atoms with Gasteiger partial charge in [0.1, 0.15) is 11.5 Å². The minimum absolute atomic E-state index is 0.0106. The molecule has 0 saturated heterocycles. The Morgan fingerprint density at radius 1 is 1.21 bits per heavy atom. The first-order valence-electron chi connectivity index (χ1n) is 5.98. The maximum Gasteiger partial charge on any atom is 0.325 e. The molecule has 0 spiro atoms. The van der Waals surface area contributed by atoms with Crippen LogP contribution in [0.4, 0.5) is 10.5 Å². The van der Waals surface area contributed by atoms with Gasteiger partial charge in [-0.3, -0.25) is 10.1 Å². The minimum atomic E-state index is -0.555. The van der Waals surface area contributed by atoms with Gasteiger partial charge in [-0.15, -0.1) is 0 Å². The first-order chi connectivity index (χ1) is 9.13. The SMILES string of the molecule is COc1ccc(NC(=O)NC(=O)C2CC2)c(OC)c1. The van der Waals surface area contributed by atoms with Crippen molar-refractivity contribution in [2.75, 3.05) is 19.5 Å². The maximum atomic E-state index is 11.6. The van der Waals surface area contributed by atoms with Crippen molar-refractivity contribution in [2.45, 2.75) is 12.8 Å². The molecular formula is C13H16N2O4. The molecule has 1 aromatic rings. The lowest BCUT2D eigenvalue weighted by Gasteiger charge is -2.11. The molecule has 0 radical (unpaired) electrons. The lowest BCUT2D eigenvalue weighted by molar-refractivity contribution is -0.121. The van der Waals surface area contributed by atoms with Crippen LogP contribution in [0.3, 0.4) is 0 Å². The summed E-state index contributed by atoms with van der Waals surface area (Å²) >= 11 is 0. The number of hydrogen-bond donors (Lipinski definition) is 2. The van der Waals surface area contributed by atoms with E-state index in [9.17, 15) is 9.59 Å². The molecular weight excluding hydrogens is 248 g/mol. The number of rotatable bonds is 4. The van der Waals surface area contributed by atoms with Crippen molar-refractivity contribution >= 4 is 17.6 Å². The van der Waals surface area contributed by atoms with Gasteiger partial charge in [0, 0.05) is 12.0 Å². The zero-order valence-corrected chi connectivity index (χ0v) is 10.9. The summed E-state index contributed by atoms with van der Waals surface area (Å²) in [5.74, 6) is 0.846. The van der Waals surface area contributed by atoms with Crippen LogP contribution in [-0.4, -0.2) is 26.2 Å². The monoisotopic (exact) mass is 264 g/mol. The molecule has 19 heavy (non-hydrogen) atoms. The average Bonchev–Trinajstić information content (AvgIpc) is 3.23. The van der Waals surface area contributed by atoms with Crippen LogP contribution in [0.1, 0.15) is 12.8 Å². The van der Waals surface area contributed by atoms with Crippen molar-refractivity contribution in [1.82, 2.24) is 5.32 Å². The van der Waals surface area contributed by atoms with Crippen molar-refractivity contribution in [1.29, 1.82) is 0 Å². The fourth-order valence-corrected chi connectivity index (χ4v) is 1.61. The molecule has 0 aliphatic heterocycles. The number of methoxy groups -OCH3 is 2. The topological polar surface area (TPSA) is 76.7 Å². The molecule has 2 N–H and O–H groups in total. The molecule has 0 aromatic heterocycles. The zero-order valence-electron chi connectivity index (χ0n) is 10.9. The summed E-state index contributed by atoms with van der Waals surface area (Å²) in [4.78, 5) is 23.1. The van der Waals surface area contributed by atoms with Crippen molar-refractivity contribution in [2.24, 2.45) is 5.92 Å². The molecule has 6 nitrogen and oxygen atoms in total. The summed E-state index contributed by atoms with van der Waals surface area (Å²) in [5, 5.41) is 4.87. The number of ether oxygens (including phenoxy) is 2. The lowest BCUT2D eigenvalue weighted by atomic mass is 10.2. The van der Waals surface area contributed by atoms with E-state index in [-0.39, 0.29) is 11.8 Å². The van der Waals surface area contributed by atoms with Crippen molar-refractivity contribution in [3.63, 3.8) is 0 Å². The van der Waals surface area contributed by atoms with Crippen LogP contribution in [0.15, 0.2) is 18.2 Å². The number of urea groups is 1. The number of hydrogen-bond acceptors (Lipinski definition) is 4. The van der Waals surface area contributed by atoms with E-state index in [1.165, 1.54) is 7.11 Å². The minimum Gasteiger partial charge on any atom is -0.497 e. The number of anilines is 1. The Morgan fingerprint density at radius 3 is 2.53 bits per heavy atom. The molecule has 1 fully saturated rings. The summed E-state index contributed by atoms with van der Waals surface area (Å²) < 4.78 is 10.2. The van der Waals surface area contributed by atoms with Gasteiger partial charge in [0.2, 0.25) is 5.91 Å². The molecule has 1 saturated carbocycles.